The third kappa shape index (κ3) is 2.87. The highest BCUT2D eigenvalue weighted by atomic mass is 32.1. The average Bonchev–Trinajstić information content (AvgIpc) is 3.11. The molecule has 0 amide bonds. The SMILES string of the molecule is CC(Cn1cncc1C1CCCNC1)c1nccs1. The maximum Gasteiger partial charge on any atom is 0.0970 e. The lowest BCUT2D eigenvalue weighted by Crippen LogP contribution is -2.29. The van der Waals surface area contributed by atoms with Crippen molar-refractivity contribution in [3.63, 3.8) is 0 Å². The number of piperidine rings is 1. The molecule has 19 heavy (non-hydrogen) atoms. The summed E-state index contributed by atoms with van der Waals surface area (Å²) in [5, 5.41) is 6.74. The Labute approximate surface area is 117 Å². The number of rotatable bonds is 4. The Bertz CT molecular complexity index is 499. The van der Waals surface area contributed by atoms with Crippen molar-refractivity contribution in [3.8, 4) is 0 Å². The zero-order valence-corrected chi connectivity index (χ0v) is 12.1. The molecule has 0 spiro atoms. The minimum absolute atomic E-state index is 0.449. The van der Waals surface area contributed by atoms with Gasteiger partial charge in [0.25, 0.3) is 0 Å². The monoisotopic (exact) mass is 276 g/mol. The number of nitrogens with one attached hydrogen (secondary N) is 1. The predicted molar refractivity (Wildman–Crippen MR) is 77.6 cm³/mol. The van der Waals surface area contributed by atoms with Crippen molar-refractivity contribution in [1.29, 1.82) is 0 Å². The Morgan fingerprint density at radius 3 is 3.26 bits per heavy atom. The maximum atomic E-state index is 4.41. The highest BCUT2D eigenvalue weighted by molar-refractivity contribution is 7.09. The van der Waals surface area contributed by atoms with E-state index in [0.29, 0.717) is 11.8 Å². The molecule has 2 aromatic rings. The zero-order chi connectivity index (χ0) is 13.1. The highest BCUT2D eigenvalue weighted by Crippen LogP contribution is 2.26. The van der Waals surface area contributed by atoms with Crippen LogP contribution in [0.5, 0.6) is 0 Å². The molecule has 0 saturated carbocycles. The van der Waals surface area contributed by atoms with E-state index in [4.69, 9.17) is 0 Å². The molecular formula is C14H20N4S. The van der Waals surface area contributed by atoms with Gasteiger partial charge in [-0.1, -0.05) is 6.92 Å². The van der Waals surface area contributed by atoms with Gasteiger partial charge in [-0.25, -0.2) is 9.97 Å². The van der Waals surface area contributed by atoms with Crippen LogP contribution in [0.1, 0.15) is 42.3 Å². The first kappa shape index (κ1) is 12.8. The van der Waals surface area contributed by atoms with Crippen LogP contribution in [0.3, 0.4) is 0 Å². The second-order valence-corrected chi connectivity index (χ2v) is 6.21. The van der Waals surface area contributed by atoms with E-state index in [0.717, 1.165) is 19.6 Å². The van der Waals surface area contributed by atoms with Crippen LogP contribution in [-0.2, 0) is 6.54 Å². The number of nitrogens with zero attached hydrogens (tertiary/aromatic N) is 3. The van der Waals surface area contributed by atoms with Gasteiger partial charge < -0.3 is 9.88 Å². The van der Waals surface area contributed by atoms with E-state index in [-0.39, 0.29) is 0 Å². The van der Waals surface area contributed by atoms with Crippen LogP contribution in [0.25, 0.3) is 0 Å². The van der Waals surface area contributed by atoms with Crippen LogP contribution >= 0.6 is 11.3 Å². The first-order chi connectivity index (χ1) is 9.34. The summed E-state index contributed by atoms with van der Waals surface area (Å²) in [5.41, 5.74) is 1.37. The van der Waals surface area contributed by atoms with Crippen LogP contribution in [-0.4, -0.2) is 27.6 Å². The highest BCUT2D eigenvalue weighted by Gasteiger charge is 2.20. The molecule has 1 fully saturated rings. The second-order valence-electron chi connectivity index (χ2n) is 5.29. The van der Waals surface area contributed by atoms with Gasteiger partial charge in [-0.05, 0) is 19.4 Å². The van der Waals surface area contributed by atoms with Gasteiger partial charge in [-0.3, -0.25) is 0 Å². The average molecular weight is 276 g/mol. The second kappa shape index (κ2) is 5.84. The molecule has 1 aliphatic heterocycles. The normalized spacial score (nSPS) is 21.4. The van der Waals surface area contributed by atoms with E-state index in [9.17, 15) is 0 Å². The van der Waals surface area contributed by atoms with Crippen molar-refractivity contribution in [1.82, 2.24) is 19.9 Å². The van der Waals surface area contributed by atoms with Gasteiger partial charge in [0.15, 0.2) is 0 Å². The van der Waals surface area contributed by atoms with Gasteiger partial charge in [0, 0.05) is 48.4 Å². The van der Waals surface area contributed by atoms with Gasteiger partial charge in [0.05, 0.1) is 11.3 Å². The molecule has 2 aromatic heterocycles. The first-order valence-corrected chi connectivity index (χ1v) is 7.82. The molecule has 0 aromatic carbocycles. The molecule has 0 radical (unpaired) electrons. The molecule has 4 nitrogen and oxygen atoms in total. The first-order valence-electron chi connectivity index (χ1n) is 6.94. The lowest BCUT2D eigenvalue weighted by atomic mass is 9.96. The van der Waals surface area contributed by atoms with E-state index in [1.165, 1.54) is 23.5 Å². The maximum absolute atomic E-state index is 4.41. The lowest BCUT2D eigenvalue weighted by Gasteiger charge is -2.24. The molecule has 1 aliphatic rings. The van der Waals surface area contributed by atoms with Crippen molar-refractivity contribution in [2.24, 2.45) is 0 Å². The van der Waals surface area contributed by atoms with Crippen molar-refractivity contribution in [2.75, 3.05) is 13.1 Å². The minimum Gasteiger partial charge on any atom is -0.334 e. The fourth-order valence-electron chi connectivity index (χ4n) is 2.78. The molecule has 3 heterocycles. The Morgan fingerprint density at radius 1 is 1.58 bits per heavy atom. The summed E-state index contributed by atoms with van der Waals surface area (Å²) in [6.07, 6.45) is 8.42. The molecule has 5 heteroatoms. The summed E-state index contributed by atoms with van der Waals surface area (Å²) >= 11 is 1.74. The van der Waals surface area contributed by atoms with Gasteiger partial charge in [-0.2, -0.15) is 0 Å². The van der Waals surface area contributed by atoms with E-state index in [2.05, 4.69) is 26.8 Å². The van der Waals surface area contributed by atoms with Crippen LogP contribution in [0.15, 0.2) is 24.1 Å². The standard InChI is InChI=1S/C14H20N4S/c1-11(14-17-5-6-19-14)9-18-10-16-8-13(18)12-3-2-4-15-7-12/h5-6,8,10-12,15H,2-4,7,9H2,1H3. The van der Waals surface area contributed by atoms with E-state index in [1.54, 1.807) is 11.3 Å². The number of hydrogen-bond acceptors (Lipinski definition) is 4. The largest absolute Gasteiger partial charge is 0.334 e. The topological polar surface area (TPSA) is 42.7 Å². The quantitative estimate of drug-likeness (QED) is 0.933. The lowest BCUT2D eigenvalue weighted by molar-refractivity contribution is 0.435. The van der Waals surface area contributed by atoms with Crippen LogP contribution in [0.2, 0.25) is 0 Å². The molecule has 1 N–H and O–H groups in total. The summed E-state index contributed by atoms with van der Waals surface area (Å²) in [6.45, 7) is 5.44. The molecule has 2 unspecified atom stereocenters. The van der Waals surface area contributed by atoms with Gasteiger partial charge in [0.1, 0.15) is 0 Å². The zero-order valence-electron chi connectivity index (χ0n) is 11.2. The van der Waals surface area contributed by atoms with Gasteiger partial charge in [0.2, 0.25) is 0 Å². The summed E-state index contributed by atoms with van der Waals surface area (Å²) in [5.74, 6) is 1.06. The third-order valence-corrected chi connectivity index (χ3v) is 4.81. The number of hydrogen-bond donors (Lipinski definition) is 1. The smallest absolute Gasteiger partial charge is 0.0970 e. The molecule has 102 valence electrons. The third-order valence-electron chi connectivity index (χ3n) is 3.80. The molecule has 1 saturated heterocycles. The van der Waals surface area contributed by atoms with E-state index in [1.807, 2.05) is 24.1 Å². The Kier molecular flexibility index (Phi) is 3.94. The number of thiazole rings is 1. The van der Waals surface area contributed by atoms with Crippen molar-refractivity contribution in [3.05, 3.63) is 34.8 Å². The van der Waals surface area contributed by atoms with Crippen molar-refractivity contribution in [2.45, 2.75) is 38.1 Å². The molecule has 3 rings (SSSR count). The fourth-order valence-corrected chi connectivity index (χ4v) is 3.47. The van der Waals surface area contributed by atoms with Gasteiger partial charge >= 0.3 is 0 Å². The fraction of sp³-hybridized carbons (Fsp3) is 0.571. The molecule has 0 aliphatic carbocycles. The summed E-state index contributed by atoms with van der Waals surface area (Å²) in [7, 11) is 0. The Balaban J connectivity index is 1.73. The van der Waals surface area contributed by atoms with Crippen molar-refractivity contribution < 1.29 is 0 Å². The number of imidazole rings is 1. The van der Waals surface area contributed by atoms with Crippen LogP contribution in [0.4, 0.5) is 0 Å². The van der Waals surface area contributed by atoms with E-state index < -0.39 is 0 Å². The predicted octanol–water partition coefficient (Wildman–Crippen LogP) is 2.61. The van der Waals surface area contributed by atoms with Crippen LogP contribution < -0.4 is 5.32 Å². The Hall–Kier alpha value is -1.20. The molecular weight excluding hydrogens is 256 g/mol. The van der Waals surface area contributed by atoms with E-state index >= 15 is 0 Å². The molecule has 0 bridgehead atoms. The van der Waals surface area contributed by atoms with Crippen molar-refractivity contribution >= 4 is 11.3 Å². The summed E-state index contributed by atoms with van der Waals surface area (Å²) in [6, 6.07) is 0. The Morgan fingerprint density at radius 2 is 2.53 bits per heavy atom. The summed E-state index contributed by atoms with van der Waals surface area (Å²) in [4.78, 5) is 8.76. The minimum atomic E-state index is 0.449. The number of aromatic nitrogens is 3. The van der Waals surface area contributed by atoms with Gasteiger partial charge in [-0.15, -0.1) is 11.3 Å². The van der Waals surface area contributed by atoms with Crippen LogP contribution in [0, 0.1) is 0 Å². The molecule has 2 atom stereocenters. The summed E-state index contributed by atoms with van der Waals surface area (Å²) < 4.78 is 2.31.